The number of rotatable bonds is 7. The first-order chi connectivity index (χ1) is 9.07. The van der Waals surface area contributed by atoms with Gasteiger partial charge in [0.1, 0.15) is 5.41 Å². The zero-order valence-electron chi connectivity index (χ0n) is 11.6. The van der Waals surface area contributed by atoms with Gasteiger partial charge >= 0.3 is 5.97 Å². The Hall–Kier alpha value is -1.03. The maximum atomic E-state index is 11.5. The van der Waals surface area contributed by atoms with Crippen LogP contribution in [0.2, 0.25) is 0 Å². The Morgan fingerprint density at radius 1 is 0.950 bits per heavy atom. The number of aliphatic hydroxyl groups is 6. The fourth-order valence-electron chi connectivity index (χ4n) is 1.42. The average molecular weight is 294 g/mol. The molecular formula is C12H22O8. The highest BCUT2D eigenvalue weighted by atomic mass is 16.5. The molecule has 0 aromatic carbocycles. The van der Waals surface area contributed by atoms with Gasteiger partial charge in [-0.2, -0.15) is 0 Å². The lowest BCUT2D eigenvalue weighted by Crippen LogP contribution is -2.54. The van der Waals surface area contributed by atoms with Crippen molar-refractivity contribution < 1.29 is 40.2 Å². The predicted octanol–water partition coefficient (Wildman–Crippen LogP) is -1.81. The smallest absolute Gasteiger partial charge is 0.333 e. The molecule has 6 N–H and O–H groups in total. The van der Waals surface area contributed by atoms with Crippen LogP contribution in [0.5, 0.6) is 0 Å². The van der Waals surface area contributed by atoms with Gasteiger partial charge in [-0.3, -0.25) is 0 Å². The van der Waals surface area contributed by atoms with Crippen molar-refractivity contribution in [1.29, 1.82) is 0 Å². The molecule has 0 unspecified atom stereocenters. The molecule has 0 saturated carbocycles. The Morgan fingerprint density at radius 2 is 1.35 bits per heavy atom. The fraction of sp³-hybridized carbons (Fsp3) is 0.750. The summed E-state index contributed by atoms with van der Waals surface area (Å²) in [5.74, 6) is -0.661. The first-order valence-electron chi connectivity index (χ1n) is 5.97. The second-order valence-electron chi connectivity index (χ2n) is 4.74. The van der Waals surface area contributed by atoms with Crippen LogP contribution in [-0.2, 0) is 9.53 Å². The van der Waals surface area contributed by atoms with Gasteiger partial charge in [-0.1, -0.05) is 5.57 Å². The van der Waals surface area contributed by atoms with Gasteiger partial charge < -0.3 is 35.4 Å². The standard InChI is InChI=1S/C12H22O8/c1-6(2)7(3)8(13)20-5-4-12(9(14)15,10(16)17)11(18)19/h9-11,14-19H,4-5H2,1-3H3. The number of carbonyl (C=O) groups excluding carboxylic acids is 1. The first kappa shape index (κ1) is 19.0. The first-order valence-corrected chi connectivity index (χ1v) is 5.97. The largest absolute Gasteiger partial charge is 0.462 e. The lowest BCUT2D eigenvalue weighted by Gasteiger charge is -2.37. The van der Waals surface area contributed by atoms with Crippen molar-refractivity contribution in [3.63, 3.8) is 0 Å². The molecule has 0 atom stereocenters. The van der Waals surface area contributed by atoms with Crippen molar-refractivity contribution in [2.75, 3.05) is 6.61 Å². The Bertz CT molecular complexity index is 333. The fourth-order valence-corrected chi connectivity index (χ4v) is 1.42. The predicted molar refractivity (Wildman–Crippen MR) is 66.7 cm³/mol. The van der Waals surface area contributed by atoms with Gasteiger partial charge in [0, 0.05) is 12.0 Å². The summed E-state index contributed by atoms with van der Waals surface area (Å²) in [5, 5.41) is 54.8. The highest BCUT2D eigenvalue weighted by Gasteiger charge is 2.49. The van der Waals surface area contributed by atoms with Gasteiger partial charge in [-0.15, -0.1) is 0 Å². The van der Waals surface area contributed by atoms with Gasteiger partial charge in [-0.25, -0.2) is 4.79 Å². The van der Waals surface area contributed by atoms with E-state index in [-0.39, 0.29) is 0 Å². The molecule has 8 heteroatoms. The highest BCUT2D eigenvalue weighted by molar-refractivity contribution is 5.88. The molecule has 0 bridgehead atoms. The van der Waals surface area contributed by atoms with E-state index in [1.807, 2.05) is 0 Å². The Balaban J connectivity index is 4.82. The molecule has 0 aromatic heterocycles. The summed E-state index contributed by atoms with van der Waals surface area (Å²) in [6.07, 6.45) is -7.84. The summed E-state index contributed by atoms with van der Waals surface area (Å²) in [6.45, 7) is 4.49. The van der Waals surface area contributed by atoms with Crippen molar-refractivity contribution in [2.45, 2.75) is 46.1 Å². The minimum Gasteiger partial charge on any atom is -0.462 e. The van der Waals surface area contributed by atoms with Gasteiger partial charge in [0.25, 0.3) is 0 Å². The Kier molecular flexibility index (Phi) is 7.28. The zero-order chi connectivity index (χ0) is 16.1. The van der Waals surface area contributed by atoms with E-state index in [1.165, 1.54) is 6.92 Å². The highest BCUT2D eigenvalue weighted by Crippen LogP contribution is 2.32. The number of hydrogen-bond donors (Lipinski definition) is 6. The van der Waals surface area contributed by atoms with Crippen LogP contribution < -0.4 is 0 Å². The summed E-state index contributed by atoms with van der Waals surface area (Å²) in [5.41, 5.74) is -1.36. The van der Waals surface area contributed by atoms with Crippen molar-refractivity contribution in [3.8, 4) is 0 Å². The van der Waals surface area contributed by atoms with Crippen LogP contribution in [0, 0.1) is 5.41 Å². The van der Waals surface area contributed by atoms with Crippen molar-refractivity contribution >= 4 is 5.97 Å². The van der Waals surface area contributed by atoms with E-state index >= 15 is 0 Å². The molecule has 0 fully saturated rings. The van der Waals surface area contributed by atoms with Crippen molar-refractivity contribution in [1.82, 2.24) is 0 Å². The number of esters is 1. The number of ether oxygens (including phenoxy) is 1. The molecule has 0 aromatic rings. The SMILES string of the molecule is CC(C)=C(C)C(=O)OCCC(C(O)O)(C(O)O)C(O)O. The lowest BCUT2D eigenvalue weighted by atomic mass is 9.82. The number of carbonyl (C=O) groups is 1. The average Bonchev–Trinajstić information content (AvgIpc) is 2.31. The third kappa shape index (κ3) is 4.23. The quantitative estimate of drug-likeness (QED) is 0.183. The minimum absolute atomic E-state index is 0.356. The number of hydrogen-bond acceptors (Lipinski definition) is 8. The maximum Gasteiger partial charge on any atom is 0.333 e. The number of aliphatic hydroxyl groups excluding tert-OH is 3. The Morgan fingerprint density at radius 3 is 1.65 bits per heavy atom. The number of allylic oxidation sites excluding steroid dienone is 1. The molecule has 0 rings (SSSR count). The normalized spacial score (nSPS) is 12.2. The van der Waals surface area contributed by atoms with E-state index in [0.717, 1.165) is 5.57 Å². The Labute approximate surface area is 116 Å². The molecule has 0 aliphatic carbocycles. The van der Waals surface area contributed by atoms with Crippen LogP contribution in [0.1, 0.15) is 27.2 Å². The van der Waals surface area contributed by atoms with Crippen LogP contribution >= 0.6 is 0 Å². The van der Waals surface area contributed by atoms with Crippen LogP contribution in [0.4, 0.5) is 0 Å². The lowest BCUT2D eigenvalue weighted by molar-refractivity contribution is -0.313. The third-order valence-corrected chi connectivity index (χ3v) is 3.27. The molecule has 0 heterocycles. The molecule has 0 amide bonds. The van der Waals surface area contributed by atoms with Crippen molar-refractivity contribution in [3.05, 3.63) is 11.1 Å². The summed E-state index contributed by atoms with van der Waals surface area (Å²) in [6, 6.07) is 0. The van der Waals surface area contributed by atoms with Crippen LogP contribution in [0.3, 0.4) is 0 Å². The van der Waals surface area contributed by atoms with E-state index in [4.69, 9.17) is 35.4 Å². The molecule has 20 heavy (non-hydrogen) atoms. The van der Waals surface area contributed by atoms with Crippen molar-refractivity contribution in [2.24, 2.45) is 5.41 Å². The van der Waals surface area contributed by atoms with Crippen LogP contribution in [0.25, 0.3) is 0 Å². The van der Waals surface area contributed by atoms with E-state index in [9.17, 15) is 4.79 Å². The van der Waals surface area contributed by atoms with Gasteiger partial charge in [0.2, 0.25) is 0 Å². The van der Waals surface area contributed by atoms with E-state index in [1.54, 1.807) is 13.8 Å². The van der Waals surface area contributed by atoms with Gasteiger partial charge in [0.05, 0.1) is 6.61 Å². The van der Waals surface area contributed by atoms with Gasteiger partial charge in [-0.05, 0) is 20.8 Å². The van der Waals surface area contributed by atoms with Gasteiger partial charge in [0.15, 0.2) is 18.9 Å². The molecule has 0 aliphatic heterocycles. The second-order valence-corrected chi connectivity index (χ2v) is 4.74. The van der Waals surface area contributed by atoms with Crippen LogP contribution in [0.15, 0.2) is 11.1 Å². The summed E-state index contributed by atoms with van der Waals surface area (Å²) < 4.78 is 4.81. The summed E-state index contributed by atoms with van der Waals surface area (Å²) in [4.78, 5) is 11.5. The van der Waals surface area contributed by atoms with E-state index < -0.39 is 43.3 Å². The monoisotopic (exact) mass is 294 g/mol. The molecule has 0 saturated heterocycles. The third-order valence-electron chi connectivity index (χ3n) is 3.27. The second kappa shape index (κ2) is 7.67. The summed E-state index contributed by atoms with van der Waals surface area (Å²) >= 11 is 0. The molecule has 0 spiro atoms. The van der Waals surface area contributed by atoms with E-state index in [0.29, 0.717) is 5.57 Å². The molecule has 0 aliphatic rings. The van der Waals surface area contributed by atoms with E-state index in [2.05, 4.69) is 0 Å². The molecule has 8 nitrogen and oxygen atoms in total. The minimum atomic E-state index is -2.45. The molecule has 0 radical (unpaired) electrons. The van der Waals surface area contributed by atoms with Crippen LogP contribution in [-0.4, -0.2) is 62.1 Å². The zero-order valence-corrected chi connectivity index (χ0v) is 11.6. The maximum absolute atomic E-state index is 11.5. The topological polar surface area (TPSA) is 148 Å². The molecular weight excluding hydrogens is 272 g/mol. The molecule has 118 valence electrons. The summed E-state index contributed by atoms with van der Waals surface area (Å²) in [7, 11) is 0.